The van der Waals surface area contributed by atoms with Gasteiger partial charge in [-0.3, -0.25) is 9.69 Å². The first-order valence-electron chi connectivity index (χ1n) is 6.43. The van der Waals surface area contributed by atoms with Crippen LogP contribution in [0.25, 0.3) is 0 Å². The van der Waals surface area contributed by atoms with E-state index in [4.69, 9.17) is 10.5 Å². The third kappa shape index (κ3) is 4.26. The molecule has 0 aromatic rings. The van der Waals surface area contributed by atoms with Crippen molar-refractivity contribution < 1.29 is 9.53 Å². The Morgan fingerprint density at radius 1 is 1.35 bits per heavy atom. The Morgan fingerprint density at radius 2 is 2.00 bits per heavy atom. The van der Waals surface area contributed by atoms with E-state index in [2.05, 4.69) is 11.8 Å². The molecule has 0 aliphatic carbocycles. The summed E-state index contributed by atoms with van der Waals surface area (Å²) in [6, 6.07) is 0.569. The van der Waals surface area contributed by atoms with Crippen LogP contribution in [-0.4, -0.2) is 68.2 Å². The molecule has 17 heavy (non-hydrogen) atoms. The van der Waals surface area contributed by atoms with Gasteiger partial charge in [-0.15, -0.1) is 0 Å². The molecule has 1 rings (SSSR count). The van der Waals surface area contributed by atoms with Crippen LogP contribution in [0.4, 0.5) is 0 Å². The summed E-state index contributed by atoms with van der Waals surface area (Å²) in [5.74, 6) is 0.0963. The zero-order valence-electron chi connectivity index (χ0n) is 11.0. The van der Waals surface area contributed by atoms with Crippen LogP contribution < -0.4 is 5.73 Å². The summed E-state index contributed by atoms with van der Waals surface area (Å²) < 4.78 is 4.87. The first-order chi connectivity index (χ1) is 8.22. The van der Waals surface area contributed by atoms with Gasteiger partial charge in [-0.25, -0.2) is 0 Å². The average Bonchev–Trinajstić information content (AvgIpc) is 2.36. The van der Waals surface area contributed by atoms with Crippen LogP contribution in [0.3, 0.4) is 0 Å². The molecule has 1 saturated heterocycles. The first-order valence-corrected chi connectivity index (χ1v) is 6.43. The van der Waals surface area contributed by atoms with Gasteiger partial charge in [0.05, 0.1) is 0 Å². The number of nitrogens with two attached hydrogens (primary N) is 1. The van der Waals surface area contributed by atoms with E-state index in [0.717, 1.165) is 45.6 Å². The standard InChI is InChI=1S/C12H25N3O2/c1-3-11(4-5-13)14-6-8-15(9-7-14)12(16)10-17-2/h11H,3-10,13H2,1-2H3. The topological polar surface area (TPSA) is 58.8 Å². The molecule has 1 aliphatic rings. The summed E-state index contributed by atoms with van der Waals surface area (Å²) in [5, 5.41) is 0. The quantitative estimate of drug-likeness (QED) is 0.708. The van der Waals surface area contributed by atoms with Crippen LogP contribution in [0.15, 0.2) is 0 Å². The summed E-state index contributed by atoms with van der Waals surface area (Å²) in [6.45, 7) is 6.65. The highest BCUT2D eigenvalue weighted by molar-refractivity contribution is 5.77. The zero-order valence-corrected chi connectivity index (χ0v) is 11.0. The predicted octanol–water partition coefficient (Wildman–Crippen LogP) is -0.0956. The Bertz CT molecular complexity index is 228. The fourth-order valence-electron chi connectivity index (χ4n) is 2.39. The van der Waals surface area contributed by atoms with Gasteiger partial charge in [-0.05, 0) is 19.4 Å². The number of ether oxygens (including phenoxy) is 1. The molecule has 5 heteroatoms. The number of rotatable bonds is 6. The van der Waals surface area contributed by atoms with Gasteiger partial charge in [0.15, 0.2) is 0 Å². The van der Waals surface area contributed by atoms with Crippen molar-refractivity contribution in [2.24, 2.45) is 5.73 Å². The molecule has 1 atom stereocenters. The van der Waals surface area contributed by atoms with Gasteiger partial charge < -0.3 is 15.4 Å². The number of methoxy groups -OCH3 is 1. The smallest absolute Gasteiger partial charge is 0.248 e. The highest BCUT2D eigenvalue weighted by Crippen LogP contribution is 2.12. The van der Waals surface area contributed by atoms with E-state index < -0.39 is 0 Å². The molecule has 0 spiro atoms. The highest BCUT2D eigenvalue weighted by Gasteiger charge is 2.24. The molecule has 1 amide bonds. The van der Waals surface area contributed by atoms with E-state index in [1.807, 2.05) is 4.90 Å². The van der Waals surface area contributed by atoms with Gasteiger partial charge in [0.1, 0.15) is 6.61 Å². The lowest BCUT2D eigenvalue weighted by molar-refractivity contribution is -0.137. The fourth-order valence-corrected chi connectivity index (χ4v) is 2.39. The molecule has 0 bridgehead atoms. The lowest BCUT2D eigenvalue weighted by Gasteiger charge is -2.39. The van der Waals surface area contributed by atoms with E-state index in [1.54, 1.807) is 7.11 Å². The van der Waals surface area contributed by atoms with Crippen molar-refractivity contribution in [1.29, 1.82) is 0 Å². The van der Waals surface area contributed by atoms with Gasteiger partial charge in [0, 0.05) is 39.3 Å². The maximum absolute atomic E-state index is 11.6. The maximum atomic E-state index is 11.6. The molecule has 0 aromatic carbocycles. The van der Waals surface area contributed by atoms with Crippen molar-refractivity contribution in [2.45, 2.75) is 25.8 Å². The SMILES string of the molecule is CCC(CCN)N1CCN(C(=O)COC)CC1. The lowest BCUT2D eigenvalue weighted by Crippen LogP contribution is -2.52. The number of carbonyl (C=O) groups excluding carboxylic acids is 1. The monoisotopic (exact) mass is 243 g/mol. The van der Waals surface area contributed by atoms with E-state index in [9.17, 15) is 4.79 Å². The van der Waals surface area contributed by atoms with E-state index in [0.29, 0.717) is 6.04 Å². The fraction of sp³-hybridized carbons (Fsp3) is 0.917. The molecule has 2 N–H and O–H groups in total. The Kier molecular flexibility index (Phi) is 6.47. The molecule has 1 fully saturated rings. The molecule has 1 heterocycles. The van der Waals surface area contributed by atoms with Crippen LogP contribution in [0.1, 0.15) is 19.8 Å². The lowest BCUT2D eigenvalue weighted by atomic mass is 10.1. The Labute approximate surface area is 104 Å². The largest absolute Gasteiger partial charge is 0.375 e. The summed E-state index contributed by atoms with van der Waals surface area (Å²) in [7, 11) is 1.56. The predicted molar refractivity (Wildman–Crippen MR) is 67.8 cm³/mol. The third-order valence-electron chi connectivity index (χ3n) is 3.42. The number of hydrogen-bond donors (Lipinski definition) is 1. The number of amides is 1. The van der Waals surface area contributed by atoms with Crippen LogP contribution in [0, 0.1) is 0 Å². The summed E-state index contributed by atoms with van der Waals surface area (Å²) in [6.07, 6.45) is 2.17. The first kappa shape index (κ1) is 14.4. The van der Waals surface area contributed by atoms with Crippen molar-refractivity contribution >= 4 is 5.91 Å². The van der Waals surface area contributed by atoms with Crippen LogP contribution in [-0.2, 0) is 9.53 Å². The molecule has 1 aliphatic heterocycles. The van der Waals surface area contributed by atoms with E-state index >= 15 is 0 Å². The van der Waals surface area contributed by atoms with Gasteiger partial charge in [-0.1, -0.05) is 6.92 Å². The van der Waals surface area contributed by atoms with Crippen LogP contribution in [0.5, 0.6) is 0 Å². The Balaban J connectivity index is 2.36. The number of nitrogens with zero attached hydrogens (tertiary/aromatic N) is 2. The molecular weight excluding hydrogens is 218 g/mol. The molecular formula is C12H25N3O2. The minimum Gasteiger partial charge on any atom is -0.375 e. The summed E-state index contributed by atoms with van der Waals surface area (Å²) >= 11 is 0. The van der Waals surface area contributed by atoms with E-state index in [1.165, 1.54) is 0 Å². The highest BCUT2D eigenvalue weighted by atomic mass is 16.5. The van der Waals surface area contributed by atoms with Crippen molar-refractivity contribution in [3.8, 4) is 0 Å². The molecule has 100 valence electrons. The Morgan fingerprint density at radius 3 is 2.47 bits per heavy atom. The Hall–Kier alpha value is -0.650. The normalized spacial score (nSPS) is 19.4. The molecule has 5 nitrogen and oxygen atoms in total. The minimum absolute atomic E-state index is 0.0963. The number of piperazine rings is 1. The third-order valence-corrected chi connectivity index (χ3v) is 3.42. The van der Waals surface area contributed by atoms with Gasteiger partial charge in [0.25, 0.3) is 0 Å². The van der Waals surface area contributed by atoms with Crippen molar-refractivity contribution in [1.82, 2.24) is 9.80 Å². The van der Waals surface area contributed by atoms with E-state index in [-0.39, 0.29) is 12.5 Å². The minimum atomic E-state index is 0.0963. The van der Waals surface area contributed by atoms with Gasteiger partial charge in [0.2, 0.25) is 5.91 Å². The van der Waals surface area contributed by atoms with Crippen LogP contribution >= 0.6 is 0 Å². The second-order valence-electron chi connectivity index (χ2n) is 4.49. The second-order valence-corrected chi connectivity index (χ2v) is 4.49. The van der Waals surface area contributed by atoms with Crippen LogP contribution in [0.2, 0.25) is 0 Å². The zero-order chi connectivity index (χ0) is 12.7. The second kappa shape index (κ2) is 7.63. The number of carbonyl (C=O) groups is 1. The van der Waals surface area contributed by atoms with Gasteiger partial charge in [-0.2, -0.15) is 0 Å². The van der Waals surface area contributed by atoms with Crippen molar-refractivity contribution in [3.63, 3.8) is 0 Å². The molecule has 0 radical (unpaired) electrons. The van der Waals surface area contributed by atoms with Crippen molar-refractivity contribution in [2.75, 3.05) is 46.4 Å². The average molecular weight is 243 g/mol. The summed E-state index contributed by atoms with van der Waals surface area (Å²) in [4.78, 5) is 16.0. The van der Waals surface area contributed by atoms with Gasteiger partial charge >= 0.3 is 0 Å². The molecule has 1 unspecified atom stereocenters. The van der Waals surface area contributed by atoms with Crippen molar-refractivity contribution in [3.05, 3.63) is 0 Å². The maximum Gasteiger partial charge on any atom is 0.248 e. The number of hydrogen-bond acceptors (Lipinski definition) is 4. The molecule has 0 saturated carbocycles. The summed E-state index contributed by atoms with van der Waals surface area (Å²) in [5.41, 5.74) is 5.62. The molecule has 0 aromatic heterocycles.